The van der Waals surface area contributed by atoms with Crippen LogP contribution in [0.3, 0.4) is 0 Å². The Morgan fingerprint density at radius 1 is 1.43 bits per heavy atom. The number of hydrazine groups is 1. The maximum Gasteiger partial charge on any atom is 0.242 e. The molecule has 1 aromatic heterocycles. The second-order valence-corrected chi connectivity index (χ2v) is 10.3. The lowest BCUT2D eigenvalue weighted by molar-refractivity contribution is -0.132. The zero-order chi connectivity index (χ0) is 22.5. The Morgan fingerprint density at radius 3 is 2.67 bits per heavy atom. The van der Waals surface area contributed by atoms with Crippen LogP contribution in [-0.4, -0.2) is 59.9 Å². The number of hydrogen-bond acceptors (Lipinski definition) is 7. The zero-order valence-corrected chi connectivity index (χ0v) is 19.2. The number of rotatable bonds is 8. The molecule has 1 aliphatic rings. The quantitative estimate of drug-likeness (QED) is 0.599. The highest BCUT2D eigenvalue weighted by molar-refractivity contribution is 7.89. The molecule has 0 aliphatic carbocycles. The lowest BCUT2D eigenvalue weighted by Gasteiger charge is -2.31. The van der Waals surface area contributed by atoms with E-state index in [4.69, 9.17) is 0 Å². The van der Waals surface area contributed by atoms with E-state index in [-0.39, 0.29) is 29.4 Å². The molecule has 10 heteroatoms. The van der Waals surface area contributed by atoms with Crippen molar-refractivity contribution < 1.29 is 13.2 Å². The highest BCUT2D eigenvalue weighted by Gasteiger charge is 2.30. The molecule has 166 valence electrons. The fourth-order valence-corrected chi connectivity index (χ4v) is 4.54. The van der Waals surface area contributed by atoms with Gasteiger partial charge in [-0.05, 0) is 59.1 Å². The van der Waals surface area contributed by atoms with Gasteiger partial charge in [-0.1, -0.05) is 6.92 Å². The molecule has 2 N–H and O–H groups in total. The summed E-state index contributed by atoms with van der Waals surface area (Å²) in [7, 11) is -3.67. The number of anilines is 1. The van der Waals surface area contributed by atoms with Crippen LogP contribution in [0.5, 0.6) is 0 Å². The molecule has 1 unspecified atom stereocenters. The van der Waals surface area contributed by atoms with Crippen LogP contribution in [0, 0.1) is 11.3 Å². The van der Waals surface area contributed by atoms with Crippen molar-refractivity contribution in [2.24, 2.45) is 0 Å². The Kier molecular flexibility index (Phi) is 7.80. The van der Waals surface area contributed by atoms with Crippen LogP contribution in [-0.2, 0) is 14.8 Å². The van der Waals surface area contributed by atoms with E-state index in [2.05, 4.69) is 21.2 Å². The Labute approximate surface area is 179 Å². The van der Waals surface area contributed by atoms with Gasteiger partial charge >= 0.3 is 0 Å². The Hall–Kier alpha value is -2.22. The van der Waals surface area contributed by atoms with Gasteiger partial charge in [-0.25, -0.2) is 23.1 Å². The molecule has 0 spiro atoms. The lowest BCUT2D eigenvalue weighted by Crippen LogP contribution is -2.47. The van der Waals surface area contributed by atoms with Crippen LogP contribution in [0.25, 0.3) is 0 Å². The minimum atomic E-state index is -3.67. The summed E-state index contributed by atoms with van der Waals surface area (Å²) < 4.78 is 27.4. The average molecular weight is 437 g/mol. The van der Waals surface area contributed by atoms with Crippen LogP contribution >= 0.6 is 0 Å². The summed E-state index contributed by atoms with van der Waals surface area (Å²) in [5, 5.41) is 11.0. The van der Waals surface area contributed by atoms with Crippen LogP contribution < -0.4 is 10.1 Å². The zero-order valence-electron chi connectivity index (χ0n) is 18.3. The molecule has 2 rings (SSSR count). The first-order chi connectivity index (χ1) is 14.0. The molecule has 0 saturated carbocycles. The molecule has 0 aromatic carbocycles. The van der Waals surface area contributed by atoms with Gasteiger partial charge in [0.05, 0.1) is 12.6 Å². The molecule has 0 radical (unpaired) electrons. The van der Waals surface area contributed by atoms with Crippen molar-refractivity contribution in [3.63, 3.8) is 0 Å². The molecule has 30 heavy (non-hydrogen) atoms. The molecule has 2 heterocycles. The van der Waals surface area contributed by atoms with Crippen molar-refractivity contribution in [1.82, 2.24) is 19.6 Å². The van der Waals surface area contributed by atoms with Crippen LogP contribution in [0.4, 0.5) is 5.82 Å². The van der Waals surface area contributed by atoms with E-state index < -0.39 is 15.6 Å². The summed E-state index contributed by atoms with van der Waals surface area (Å²) in [5.41, 5.74) is 2.52. The Balaban J connectivity index is 2.12. The van der Waals surface area contributed by atoms with Crippen molar-refractivity contribution in [2.45, 2.75) is 76.4 Å². The minimum Gasteiger partial charge on any atom is -0.325 e. The minimum absolute atomic E-state index is 0.0323. The van der Waals surface area contributed by atoms with E-state index in [1.165, 1.54) is 12.3 Å². The van der Waals surface area contributed by atoms with Crippen molar-refractivity contribution in [1.29, 1.82) is 5.26 Å². The van der Waals surface area contributed by atoms with Crippen molar-refractivity contribution in [3.8, 4) is 6.07 Å². The standard InChI is InChI=1S/C20H32N6O3S/c1-6-15(2)26(14-19(27)25-11-7-8-16(25)12-21)23-18-10-9-17(13-22-18)30(28,29)24-20(3,4)5/h9-10,13,15-16,24H,6-8,11,14H2,1-5H3,(H,22,23)/t15-,16?/m0/s1. The second-order valence-electron chi connectivity index (χ2n) is 8.61. The van der Waals surface area contributed by atoms with Crippen molar-refractivity contribution in [2.75, 3.05) is 18.5 Å². The number of carbonyl (C=O) groups excluding carboxylic acids is 1. The molecule has 1 amide bonds. The summed E-state index contributed by atoms with van der Waals surface area (Å²) in [5.74, 6) is 0.330. The Bertz CT molecular complexity index is 873. The van der Waals surface area contributed by atoms with E-state index in [0.717, 1.165) is 12.8 Å². The van der Waals surface area contributed by atoms with Crippen LogP contribution in [0.1, 0.15) is 53.9 Å². The van der Waals surface area contributed by atoms with Gasteiger partial charge in [-0.2, -0.15) is 5.26 Å². The van der Waals surface area contributed by atoms with Gasteiger partial charge in [0.1, 0.15) is 16.8 Å². The molecule has 2 atom stereocenters. The lowest BCUT2D eigenvalue weighted by atomic mass is 10.1. The molecular weight excluding hydrogens is 404 g/mol. The van der Waals surface area contributed by atoms with Gasteiger partial charge < -0.3 is 10.3 Å². The highest BCUT2D eigenvalue weighted by atomic mass is 32.2. The number of hydrogen-bond donors (Lipinski definition) is 2. The number of nitrogens with one attached hydrogen (secondary N) is 2. The fourth-order valence-electron chi connectivity index (χ4n) is 3.18. The average Bonchev–Trinajstić information content (AvgIpc) is 3.14. The summed E-state index contributed by atoms with van der Waals surface area (Å²) in [6.45, 7) is 10.00. The molecule has 0 bridgehead atoms. The van der Waals surface area contributed by atoms with E-state index >= 15 is 0 Å². The number of nitriles is 1. The molecule has 1 aromatic rings. The topological polar surface area (TPSA) is 118 Å². The molecule has 9 nitrogen and oxygen atoms in total. The second kappa shape index (κ2) is 9.73. The number of aromatic nitrogens is 1. The highest BCUT2D eigenvalue weighted by Crippen LogP contribution is 2.19. The van der Waals surface area contributed by atoms with E-state index in [9.17, 15) is 18.5 Å². The van der Waals surface area contributed by atoms with Gasteiger partial charge in [0, 0.05) is 24.3 Å². The van der Waals surface area contributed by atoms with Crippen LogP contribution in [0.15, 0.2) is 23.2 Å². The summed E-state index contributed by atoms with van der Waals surface area (Å²) in [6.07, 6.45) is 3.63. The van der Waals surface area contributed by atoms with E-state index in [1.807, 2.05) is 13.8 Å². The maximum atomic E-state index is 12.7. The predicted octanol–water partition coefficient (Wildman–Crippen LogP) is 2.10. The first-order valence-corrected chi connectivity index (χ1v) is 11.7. The number of pyridine rings is 1. The number of nitrogens with zero attached hydrogens (tertiary/aromatic N) is 4. The first-order valence-electron chi connectivity index (χ1n) is 10.2. The number of sulfonamides is 1. The summed E-state index contributed by atoms with van der Waals surface area (Å²) >= 11 is 0. The van der Waals surface area contributed by atoms with E-state index in [1.54, 1.807) is 36.7 Å². The number of likely N-dealkylation sites (tertiary alicyclic amines) is 1. The third kappa shape index (κ3) is 6.39. The predicted molar refractivity (Wildman–Crippen MR) is 115 cm³/mol. The number of carbonyl (C=O) groups is 1. The molecule has 1 aliphatic heterocycles. The molecule has 1 fully saturated rings. The monoisotopic (exact) mass is 436 g/mol. The maximum absolute atomic E-state index is 12.7. The summed E-state index contributed by atoms with van der Waals surface area (Å²) in [6, 6.07) is 4.91. The third-order valence-corrected chi connectivity index (χ3v) is 6.64. The van der Waals surface area contributed by atoms with Crippen molar-refractivity contribution >= 4 is 21.7 Å². The summed E-state index contributed by atoms with van der Waals surface area (Å²) in [4.78, 5) is 18.7. The van der Waals surface area contributed by atoms with Gasteiger partial charge in [0.25, 0.3) is 0 Å². The smallest absolute Gasteiger partial charge is 0.242 e. The third-order valence-electron chi connectivity index (χ3n) is 4.90. The molecule has 1 saturated heterocycles. The van der Waals surface area contributed by atoms with Gasteiger partial charge in [-0.15, -0.1) is 0 Å². The van der Waals surface area contributed by atoms with Crippen LogP contribution in [0.2, 0.25) is 0 Å². The first kappa shape index (κ1) is 24.1. The number of amides is 1. The van der Waals surface area contributed by atoms with Gasteiger partial charge in [-0.3, -0.25) is 4.79 Å². The Morgan fingerprint density at radius 2 is 2.13 bits per heavy atom. The van der Waals surface area contributed by atoms with Gasteiger partial charge in [0.15, 0.2) is 0 Å². The normalized spacial score (nSPS) is 18.3. The largest absolute Gasteiger partial charge is 0.325 e. The fraction of sp³-hybridized carbons (Fsp3) is 0.650. The van der Waals surface area contributed by atoms with Gasteiger partial charge in [0.2, 0.25) is 15.9 Å². The van der Waals surface area contributed by atoms with E-state index in [0.29, 0.717) is 18.8 Å². The SMILES string of the molecule is CC[C@H](C)N(CC(=O)N1CCCC1C#N)Nc1ccc(S(=O)(=O)NC(C)(C)C)cn1. The van der Waals surface area contributed by atoms with Crippen molar-refractivity contribution in [3.05, 3.63) is 18.3 Å². The molecular formula is C20H32N6O3S.